The summed E-state index contributed by atoms with van der Waals surface area (Å²) in [4.78, 5) is 4.51. The monoisotopic (exact) mass is 151 g/mol. The van der Waals surface area contributed by atoms with E-state index in [4.69, 9.17) is 0 Å². The predicted octanol–water partition coefficient (Wildman–Crippen LogP) is 2.82. The number of hydrogen-bond acceptors (Lipinski definition) is 1. The Hall–Kier alpha value is -0.590. The van der Waals surface area contributed by atoms with Crippen molar-refractivity contribution in [2.24, 2.45) is 10.9 Å². The summed E-state index contributed by atoms with van der Waals surface area (Å²) in [6, 6.07) is 0. The molecule has 11 heavy (non-hydrogen) atoms. The molecule has 0 amide bonds. The minimum absolute atomic E-state index is 0.696. The Labute approximate surface area is 69.2 Å². The van der Waals surface area contributed by atoms with E-state index in [9.17, 15) is 0 Å². The van der Waals surface area contributed by atoms with Gasteiger partial charge in [-0.1, -0.05) is 13.0 Å². The first kappa shape index (κ1) is 8.51. The fourth-order valence-electron chi connectivity index (χ4n) is 1.67. The standard InChI is InChI=1S/C10H17N/c1-4-9-7-6-8(3)10(9)11-5-2/h4,8H,5-7H2,1-3H3/b9-4-,11-10?. The van der Waals surface area contributed by atoms with Gasteiger partial charge in [-0.25, -0.2) is 0 Å². The molecule has 1 unspecified atom stereocenters. The zero-order chi connectivity index (χ0) is 8.27. The van der Waals surface area contributed by atoms with Crippen LogP contribution in [0.15, 0.2) is 16.6 Å². The Morgan fingerprint density at radius 1 is 1.64 bits per heavy atom. The topological polar surface area (TPSA) is 12.4 Å². The Morgan fingerprint density at radius 3 is 2.91 bits per heavy atom. The molecule has 1 atom stereocenters. The molecule has 0 radical (unpaired) electrons. The van der Waals surface area contributed by atoms with E-state index in [0.29, 0.717) is 5.92 Å². The summed E-state index contributed by atoms with van der Waals surface area (Å²) >= 11 is 0. The molecular weight excluding hydrogens is 134 g/mol. The van der Waals surface area contributed by atoms with Crippen LogP contribution in [0.4, 0.5) is 0 Å². The number of allylic oxidation sites excluding steroid dienone is 2. The number of aliphatic imine (C=N–C) groups is 1. The summed E-state index contributed by atoms with van der Waals surface area (Å²) in [7, 11) is 0. The zero-order valence-corrected chi connectivity index (χ0v) is 7.72. The van der Waals surface area contributed by atoms with Gasteiger partial charge >= 0.3 is 0 Å². The molecule has 0 N–H and O–H groups in total. The minimum atomic E-state index is 0.696. The Kier molecular flexibility index (Phi) is 2.86. The molecule has 0 aromatic heterocycles. The molecule has 0 bridgehead atoms. The second-order valence-electron chi connectivity index (χ2n) is 3.11. The van der Waals surface area contributed by atoms with Crippen molar-refractivity contribution >= 4 is 5.71 Å². The van der Waals surface area contributed by atoms with E-state index >= 15 is 0 Å². The van der Waals surface area contributed by atoms with E-state index < -0.39 is 0 Å². The maximum Gasteiger partial charge on any atom is 0.0405 e. The molecule has 1 aliphatic rings. The van der Waals surface area contributed by atoms with Crippen LogP contribution in [0.2, 0.25) is 0 Å². The SMILES string of the molecule is C/C=C1/CCC(C)C1=NCC. The maximum atomic E-state index is 4.51. The smallest absolute Gasteiger partial charge is 0.0405 e. The molecule has 0 spiro atoms. The van der Waals surface area contributed by atoms with Crippen molar-refractivity contribution in [1.82, 2.24) is 0 Å². The Bertz CT molecular complexity index is 189. The normalized spacial score (nSPS) is 32.1. The van der Waals surface area contributed by atoms with Crippen molar-refractivity contribution in [3.05, 3.63) is 11.6 Å². The zero-order valence-electron chi connectivity index (χ0n) is 7.72. The first-order valence-electron chi connectivity index (χ1n) is 4.49. The van der Waals surface area contributed by atoms with Gasteiger partial charge in [-0.2, -0.15) is 0 Å². The van der Waals surface area contributed by atoms with Crippen molar-refractivity contribution in [3.63, 3.8) is 0 Å². The Morgan fingerprint density at radius 2 is 2.36 bits per heavy atom. The first-order valence-corrected chi connectivity index (χ1v) is 4.49. The van der Waals surface area contributed by atoms with E-state index in [1.54, 1.807) is 0 Å². The van der Waals surface area contributed by atoms with Crippen LogP contribution < -0.4 is 0 Å². The molecule has 1 fully saturated rings. The lowest BCUT2D eigenvalue weighted by atomic mass is 10.1. The average Bonchev–Trinajstić information content (AvgIpc) is 2.34. The van der Waals surface area contributed by atoms with Gasteiger partial charge in [0, 0.05) is 12.3 Å². The van der Waals surface area contributed by atoms with Gasteiger partial charge in [-0.15, -0.1) is 0 Å². The number of hydrogen-bond donors (Lipinski definition) is 0. The number of rotatable bonds is 1. The van der Waals surface area contributed by atoms with Gasteiger partial charge in [0.2, 0.25) is 0 Å². The van der Waals surface area contributed by atoms with Gasteiger partial charge in [0.25, 0.3) is 0 Å². The number of nitrogens with zero attached hydrogens (tertiary/aromatic N) is 1. The van der Waals surface area contributed by atoms with Crippen molar-refractivity contribution < 1.29 is 0 Å². The molecular formula is C10H17N. The highest BCUT2D eigenvalue weighted by Gasteiger charge is 2.21. The van der Waals surface area contributed by atoms with E-state index in [1.165, 1.54) is 24.1 Å². The van der Waals surface area contributed by atoms with Gasteiger partial charge in [0.15, 0.2) is 0 Å². The van der Waals surface area contributed by atoms with Crippen LogP contribution in [0.3, 0.4) is 0 Å². The molecule has 62 valence electrons. The Balaban J connectivity index is 2.80. The lowest BCUT2D eigenvalue weighted by Crippen LogP contribution is -2.04. The molecule has 1 nitrogen and oxygen atoms in total. The van der Waals surface area contributed by atoms with Gasteiger partial charge in [0.05, 0.1) is 0 Å². The van der Waals surface area contributed by atoms with Crippen LogP contribution >= 0.6 is 0 Å². The molecule has 1 heteroatoms. The molecule has 0 aromatic rings. The van der Waals surface area contributed by atoms with E-state index in [-0.39, 0.29) is 0 Å². The third kappa shape index (κ3) is 1.70. The third-order valence-corrected chi connectivity index (χ3v) is 2.32. The molecule has 0 aromatic carbocycles. The van der Waals surface area contributed by atoms with Crippen molar-refractivity contribution in [2.45, 2.75) is 33.6 Å². The van der Waals surface area contributed by atoms with E-state index in [2.05, 4.69) is 31.8 Å². The van der Waals surface area contributed by atoms with Crippen molar-refractivity contribution in [1.29, 1.82) is 0 Å². The van der Waals surface area contributed by atoms with Gasteiger partial charge in [-0.3, -0.25) is 4.99 Å². The van der Waals surface area contributed by atoms with Gasteiger partial charge in [0.1, 0.15) is 0 Å². The highest BCUT2D eigenvalue weighted by molar-refractivity contribution is 6.03. The summed E-state index contributed by atoms with van der Waals surface area (Å²) in [5, 5.41) is 0. The molecule has 1 aliphatic carbocycles. The van der Waals surface area contributed by atoms with Gasteiger partial charge < -0.3 is 0 Å². The molecule has 1 saturated carbocycles. The van der Waals surface area contributed by atoms with E-state index in [0.717, 1.165) is 6.54 Å². The maximum absolute atomic E-state index is 4.51. The van der Waals surface area contributed by atoms with Crippen LogP contribution in [-0.2, 0) is 0 Å². The second kappa shape index (κ2) is 3.70. The molecule has 0 heterocycles. The molecule has 0 aliphatic heterocycles. The van der Waals surface area contributed by atoms with Crippen molar-refractivity contribution in [2.75, 3.05) is 6.54 Å². The quantitative estimate of drug-likeness (QED) is 0.546. The summed E-state index contributed by atoms with van der Waals surface area (Å²) in [5.41, 5.74) is 2.83. The van der Waals surface area contributed by atoms with Crippen LogP contribution in [0.5, 0.6) is 0 Å². The van der Waals surface area contributed by atoms with Gasteiger partial charge in [-0.05, 0) is 38.2 Å². The lowest BCUT2D eigenvalue weighted by molar-refractivity contribution is 0.738. The highest BCUT2D eigenvalue weighted by atomic mass is 14.7. The van der Waals surface area contributed by atoms with Crippen LogP contribution in [0, 0.1) is 5.92 Å². The van der Waals surface area contributed by atoms with Crippen molar-refractivity contribution in [3.8, 4) is 0 Å². The fraction of sp³-hybridized carbons (Fsp3) is 0.700. The van der Waals surface area contributed by atoms with Crippen LogP contribution in [0.25, 0.3) is 0 Å². The first-order chi connectivity index (χ1) is 5.29. The van der Waals surface area contributed by atoms with E-state index in [1.807, 2.05) is 0 Å². The summed E-state index contributed by atoms with van der Waals surface area (Å²) in [6.45, 7) is 7.41. The highest BCUT2D eigenvalue weighted by Crippen LogP contribution is 2.27. The minimum Gasteiger partial charge on any atom is -0.290 e. The summed E-state index contributed by atoms with van der Waals surface area (Å²) in [5.74, 6) is 0.696. The predicted molar refractivity (Wildman–Crippen MR) is 50.1 cm³/mol. The molecule has 0 saturated heterocycles. The lowest BCUT2D eigenvalue weighted by Gasteiger charge is -2.03. The second-order valence-corrected chi connectivity index (χ2v) is 3.11. The average molecular weight is 151 g/mol. The molecule has 1 rings (SSSR count). The van der Waals surface area contributed by atoms with Crippen LogP contribution in [0.1, 0.15) is 33.6 Å². The largest absolute Gasteiger partial charge is 0.290 e. The fourth-order valence-corrected chi connectivity index (χ4v) is 1.67. The summed E-state index contributed by atoms with van der Waals surface area (Å²) in [6.07, 6.45) is 4.73. The summed E-state index contributed by atoms with van der Waals surface area (Å²) < 4.78 is 0. The van der Waals surface area contributed by atoms with Crippen LogP contribution in [-0.4, -0.2) is 12.3 Å². The third-order valence-electron chi connectivity index (χ3n) is 2.32.